The predicted molar refractivity (Wildman–Crippen MR) is 101 cm³/mol. The zero-order valence-corrected chi connectivity index (χ0v) is 15.8. The van der Waals surface area contributed by atoms with Gasteiger partial charge in [0.05, 0.1) is 10.5 Å². The van der Waals surface area contributed by atoms with Crippen molar-refractivity contribution in [2.24, 2.45) is 0 Å². The molecule has 0 unspecified atom stereocenters. The van der Waals surface area contributed by atoms with E-state index in [4.69, 9.17) is 0 Å². The molecule has 0 aliphatic rings. The summed E-state index contributed by atoms with van der Waals surface area (Å²) in [6, 6.07) is 10.3. The molecule has 0 fully saturated rings. The molecule has 9 heteroatoms. The molecule has 3 aromatic rings. The molecule has 0 saturated heterocycles. The van der Waals surface area contributed by atoms with Crippen LogP contribution in [0.2, 0.25) is 0 Å². The second kappa shape index (κ2) is 6.97. The predicted octanol–water partition coefficient (Wildman–Crippen LogP) is 4.47. The highest BCUT2D eigenvalue weighted by Gasteiger charge is 2.33. The Bertz CT molecular complexity index is 1180. The van der Waals surface area contributed by atoms with Crippen molar-refractivity contribution in [1.82, 2.24) is 4.98 Å². The average Bonchev–Trinajstić information content (AvgIpc) is 2.59. The molecule has 0 aliphatic heterocycles. The van der Waals surface area contributed by atoms with Crippen LogP contribution in [0.4, 0.5) is 18.9 Å². The molecule has 0 amide bonds. The molecule has 5 nitrogen and oxygen atoms in total. The first kappa shape index (κ1) is 19.9. The second-order valence-corrected chi connectivity index (χ2v) is 8.32. The maximum Gasteiger partial charge on any atom is 0.417 e. The summed E-state index contributed by atoms with van der Waals surface area (Å²) in [4.78, 5) is 13.4. The lowest BCUT2D eigenvalue weighted by Gasteiger charge is -2.13. The van der Waals surface area contributed by atoms with Crippen LogP contribution in [0.3, 0.4) is 0 Å². The van der Waals surface area contributed by atoms with Gasteiger partial charge < -0.3 is 4.98 Å². The van der Waals surface area contributed by atoms with Gasteiger partial charge in [-0.15, -0.1) is 0 Å². The van der Waals surface area contributed by atoms with Gasteiger partial charge in [0.1, 0.15) is 0 Å². The maximum atomic E-state index is 13.3. The van der Waals surface area contributed by atoms with Gasteiger partial charge in [0.15, 0.2) is 0 Å². The van der Waals surface area contributed by atoms with Gasteiger partial charge in [-0.25, -0.2) is 8.42 Å². The number of aromatic nitrogens is 1. The fourth-order valence-electron chi connectivity index (χ4n) is 2.78. The number of anilines is 1. The van der Waals surface area contributed by atoms with E-state index in [1.807, 2.05) is 13.8 Å². The van der Waals surface area contributed by atoms with Gasteiger partial charge in [-0.3, -0.25) is 9.52 Å². The number of fused-ring (bicyclic) bond motifs is 1. The zero-order chi connectivity index (χ0) is 20.7. The number of hydrogen-bond acceptors (Lipinski definition) is 3. The molecule has 2 aromatic carbocycles. The summed E-state index contributed by atoms with van der Waals surface area (Å²) in [5.41, 5.74) is -0.891. The number of rotatable bonds is 4. The minimum Gasteiger partial charge on any atom is -0.322 e. The molecule has 0 atom stereocenters. The van der Waals surface area contributed by atoms with Crippen molar-refractivity contribution in [3.05, 3.63) is 70.0 Å². The van der Waals surface area contributed by atoms with Crippen LogP contribution in [-0.2, 0) is 16.2 Å². The first-order chi connectivity index (χ1) is 13.0. The molecule has 0 aliphatic carbocycles. The third-order valence-corrected chi connectivity index (χ3v) is 5.64. The Labute approximate surface area is 159 Å². The molecule has 0 spiro atoms. The van der Waals surface area contributed by atoms with E-state index in [9.17, 15) is 26.4 Å². The number of sulfonamides is 1. The van der Waals surface area contributed by atoms with Crippen LogP contribution in [0.25, 0.3) is 10.9 Å². The fourth-order valence-corrected chi connectivity index (χ4v) is 3.87. The fraction of sp³-hybridized carbons (Fsp3) is 0.211. The van der Waals surface area contributed by atoms with Gasteiger partial charge in [-0.1, -0.05) is 26.0 Å². The van der Waals surface area contributed by atoms with Crippen molar-refractivity contribution in [2.75, 3.05) is 4.72 Å². The lowest BCUT2D eigenvalue weighted by atomic mass is 10.0. The first-order valence-electron chi connectivity index (χ1n) is 8.34. The van der Waals surface area contributed by atoms with Crippen molar-refractivity contribution in [3.63, 3.8) is 0 Å². The Morgan fingerprint density at radius 3 is 2.21 bits per heavy atom. The number of alkyl halides is 3. The molecule has 28 heavy (non-hydrogen) atoms. The standard InChI is InChI=1S/C19H17F3N2O3S/c1-11(2)12-3-5-13(6-4-12)24-28(26,27)14-7-8-17-15(9-14)16(19(20,21)22)10-18(25)23-17/h3-11,24H,1-2H3,(H,23,25). The van der Waals surface area contributed by atoms with Crippen molar-refractivity contribution in [1.29, 1.82) is 0 Å². The molecule has 1 aromatic heterocycles. The minimum atomic E-state index is -4.80. The van der Waals surface area contributed by atoms with Crippen LogP contribution < -0.4 is 10.3 Å². The lowest BCUT2D eigenvalue weighted by Crippen LogP contribution is -2.16. The van der Waals surface area contributed by atoms with Gasteiger partial charge in [-0.2, -0.15) is 13.2 Å². The summed E-state index contributed by atoms with van der Waals surface area (Å²) in [5.74, 6) is 0.272. The van der Waals surface area contributed by atoms with Gasteiger partial charge in [0.2, 0.25) is 5.56 Å². The van der Waals surface area contributed by atoms with Crippen molar-refractivity contribution >= 4 is 26.6 Å². The highest BCUT2D eigenvalue weighted by Crippen LogP contribution is 2.34. The Kier molecular flexibility index (Phi) is 4.97. The number of H-pyrrole nitrogens is 1. The van der Waals surface area contributed by atoms with E-state index in [0.717, 1.165) is 23.8 Å². The monoisotopic (exact) mass is 410 g/mol. The Hall–Kier alpha value is -2.81. The summed E-state index contributed by atoms with van der Waals surface area (Å²) in [7, 11) is -4.12. The van der Waals surface area contributed by atoms with Crippen LogP contribution in [0.1, 0.15) is 30.9 Å². The summed E-state index contributed by atoms with van der Waals surface area (Å²) in [5, 5.41) is -0.398. The zero-order valence-electron chi connectivity index (χ0n) is 15.0. The Balaban J connectivity index is 2.04. The minimum absolute atomic E-state index is 0.0972. The smallest absolute Gasteiger partial charge is 0.322 e. The van der Waals surface area contributed by atoms with Crippen LogP contribution in [0.5, 0.6) is 0 Å². The van der Waals surface area contributed by atoms with Crippen molar-refractivity contribution in [3.8, 4) is 0 Å². The van der Waals surface area contributed by atoms with E-state index < -0.39 is 32.7 Å². The van der Waals surface area contributed by atoms with Crippen LogP contribution in [0, 0.1) is 0 Å². The van der Waals surface area contributed by atoms with Crippen molar-refractivity contribution < 1.29 is 21.6 Å². The van der Waals surface area contributed by atoms with Gasteiger partial charge in [0, 0.05) is 22.7 Å². The lowest BCUT2D eigenvalue weighted by molar-refractivity contribution is -0.136. The van der Waals surface area contributed by atoms with Crippen LogP contribution >= 0.6 is 0 Å². The Morgan fingerprint density at radius 2 is 1.64 bits per heavy atom. The number of hydrogen-bond donors (Lipinski definition) is 2. The van der Waals surface area contributed by atoms with E-state index in [1.54, 1.807) is 24.3 Å². The molecule has 0 radical (unpaired) electrons. The highest BCUT2D eigenvalue weighted by molar-refractivity contribution is 7.92. The van der Waals surface area contributed by atoms with Gasteiger partial charge in [-0.05, 0) is 41.8 Å². The SMILES string of the molecule is CC(C)c1ccc(NS(=O)(=O)c2ccc3[nH]c(=O)cc(C(F)(F)F)c3c2)cc1. The number of pyridine rings is 1. The van der Waals surface area contributed by atoms with Gasteiger partial charge >= 0.3 is 6.18 Å². The summed E-state index contributed by atoms with van der Waals surface area (Å²) >= 11 is 0. The summed E-state index contributed by atoms with van der Waals surface area (Å²) in [6.45, 7) is 3.99. The third-order valence-electron chi connectivity index (χ3n) is 4.26. The molecular weight excluding hydrogens is 393 g/mol. The summed E-state index contributed by atoms with van der Waals surface area (Å²) < 4.78 is 67.4. The molecule has 3 rings (SSSR count). The first-order valence-corrected chi connectivity index (χ1v) is 9.83. The maximum absolute atomic E-state index is 13.3. The number of halogens is 3. The van der Waals surface area contributed by atoms with E-state index in [1.165, 1.54) is 0 Å². The molecule has 1 heterocycles. The van der Waals surface area contributed by atoms with E-state index >= 15 is 0 Å². The molecule has 2 N–H and O–H groups in total. The van der Waals surface area contributed by atoms with Crippen molar-refractivity contribution in [2.45, 2.75) is 30.8 Å². The topological polar surface area (TPSA) is 79.0 Å². The Morgan fingerprint density at radius 1 is 1.00 bits per heavy atom. The molecular formula is C19H17F3N2O3S. The van der Waals surface area contributed by atoms with Crippen LogP contribution in [-0.4, -0.2) is 13.4 Å². The van der Waals surface area contributed by atoms with E-state index in [0.29, 0.717) is 11.8 Å². The average molecular weight is 410 g/mol. The quantitative estimate of drug-likeness (QED) is 0.666. The normalized spacial score (nSPS) is 12.5. The number of aromatic amines is 1. The molecule has 148 valence electrons. The van der Waals surface area contributed by atoms with E-state index in [-0.39, 0.29) is 16.3 Å². The molecule has 0 saturated carbocycles. The number of benzene rings is 2. The van der Waals surface area contributed by atoms with Crippen LogP contribution in [0.15, 0.2) is 58.2 Å². The second-order valence-electron chi connectivity index (χ2n) is 6.63. The largest absolute Gasteiger partial charge is 0.417 e. The van der Waals surface area contributed by atoms with Gasteiger partial charge in [0.25, 0.3) is 10.0 Å². The molecule has 0 bridgehead atoms. The highest BCUT2D eigenvalue weighted by atomic mass is 32.2. The van der Waals surface area contributed by atoms with E-state index in [2.05, 4.69) is 9.71 Å². The number of nitrogens with one attached hydrogen (secondary N) is 2. The summed E-state index contributed by atoms with van der Waals surface area (Å²) in [6.07, 6.45) is -4.80. The third kappa shape index (κ3) is 4.04.